The van der Waals surface area contributed by atoms with E-state index >= 15 is 0 Å². The van der Waals surface area contributed by atoms with E-state index in [0.717, 1.165) is 27.4 Å². The van der Waals surface area contributed by atoms with Crippen LogP contribution in [-0.2, 0) is 0 Å². The Bertz CT molecular complexity index is 1150. The van der Waals surface area contributed by atoms with Crippen molar-refractivity contribution in [3.05, 3.63) is 96.3 Å². The summed E-state index contributed by atoms with van der Waals surface area (Å²) in [5.74, 6) is -0.367. The summed E-state index contributed by atoms with van der Waals surface area (Å²) in [4.78, 5) is 13.4. The zero-order valence-corrected chi connectivity index (χ0v) is 18.2. The van der Waals surface area contributed by atoms with Gasteiger partial charge in [0.2, 0.25) is 0 Å². The minimum atomic E-state index is -0.424. The van der Waals surface area contributed by atoms with Crippen LogP contribution < -0.4 is 10.7 Å². The predicted molar refractivity (Wildman–Crippen MR) is 116 cm³/mol. The minimum absolute atomic E-state index is 0.102. The lowest BCUT2D eigenvalue weighted by molar-refractivity contribution is -0.284. The lowest BCUT2D eigenvalue weighted by atomic mass is 10.0. The lowest BCUT2D eigenvalue weighted by Crippen LogP contribution is -2.17. The number of benzene rings is 2. The van der Waals surface area contributed by atoms with E-state index in [-0.39, 0.29) is 10.8 Å². The van der Waals surface area contributed by atoms with Crippen molar-refractivity contribution in [2.24, 2.45) is 0 Å². The van der Waals surface area contributed by atoms with E-state index in [4.69, 9.17) is 11.6 Å². The molecule has 0 fully saturated rings. The van der Waals surface area contributed by atoms with Gasteiger partial charge in [0.25, 0.3) is 5.56 Å². The normalized spacial score (nSPS) is 12.2. The molecule has 4 rings (SSSR count). The van der Waals surface area contributed by atoms with Gasteiger partial charge in [-0.05, 0) is 52.2 Å². The van der Waals surface area contributed by atoms with E-state index in [1.807, 2.05) is 47.2 Å². The SMILES string of the molecule is O=c1[nH]n(C(c2ccc(Br)cc2)c2ccsc2)c([O-])c1Sc1ccccc1Cl. The molecule has 2 aromatic carbocycles. The summed E-state index contributed by atoms with van der Waals surface area (Å²) >= 11 is 12.3. The molecule has 2 aromatic heterocycles. The van der Waals surface area contributed by atoms with Gasteiger partial charge in [0.15, 0.2) is 0 Å². The third kappa shape index (κ3) is 3.80. The first-order valence-electron chi connectivity index (χ1n) is 8.26. The summed E-state index contributed by atoms with van der Waals surface area (Å²) in [5, 5.41) is 20.3. The van der Waals surface area contributed by atoms with Gasteiger partial charge >= 0.3 is 0 Å². The topological polar surface area (TPSA) is 60.8 Å². The van der Waals surface area contributed by atoms with Crippen LogP contribution in [0.5, 0.6) is 5.88 Å². The van der Waals surface area contributed by atoms with Gasteiger partial charge in [-0.1, -0.05) is 63.6 Å². The maximum atomic E-state index is 13.1. The van der Waals surface area contributed by atoms with Gasteiger partial charge in [0.1, 0.15) is 0 Å². The van der Waals surface area contributed by atoms with Crippen molar-refractivity contribution in [2.45, 2.75) is 15.8 Å². The fourth-order valence-corrected chi connectivity index (χ4v) is 4.94. The highest BCUT2D eigenvalue weighted by molar-refractivity contribution is 9.10. The number of thiophene rings is 1. The molecule has 2 heterocycles. The van der Waals surface area contributed by atoms with Gasteiger partial charge in [-0.25, -0.2) is 0 Å². The van der Waals surface area contributed by atoms with Crippen LogP contribution in [-0.4, -0.2) is 9.78 Å². The molecule has 8 heteroatoms. The molecule has 0 aliphatic rings. The van der Waals surface area contributed by atoms with Crippen LogP contribution in [0, 0.1) is 0 Å². The first-order chi connectivity index (χ1) is 13.5. The summed E-state index contributed by atoms with van der Waals surface area (Å²) in [6, 6.07) is 16.4. The molecule has 4 aromatic rings. The number of nitrogens with one attached hydrogen (secondary N) is 1. The maximum Gasteiger partial charge on any atom is 0.277 e. The molecule has 0 saturated heterocycles. The molecule has 28 heavy (non-hydrogen) atoms. The zero-order chi connectivity index (χ0) is 19.7. The molecule has 0 saturated carbocycles. The van der Waals surface area contributed by atoms with Gasteiger partial charge < -0.3 is 5.11 Å². The maximum absolute atomic E-state index is 13.1. The van der Waals surface area contributed by atoms with Crippen molar-refractivity contribution in [1.29, 1.82) is 0 Å². The van der Waals surface area contributed by atoms with Crippen molar-refractivity contribution < 1.29 is 5.11 Å². The second kappa shape index (κ2) is 8.21. The summed E-state index contributed by atoms with van der Waals surface area (Å²) in [6.07, 6.45) is 0. The Morgan fingerprint density at radius 3 is 2.54 bits per heavy atom. The Kier molecular flexibility index (Phi) is 5.68. The van der Waals surface area contributed by atoms with Crippen LogP contribution in [0.3, 0.4) is 0 Å². The van der Waals surface area contributed by atoms with Gasteiger partial charge in [-0.3, -0.25) is 14.6 Å². The Balaban J connectivity index is 1.81. The average molecular weight is 493 g/mol. The molecule has 1 N–H and O–H groups in total. The molecule has 0 amide bonds. The predicted octanol–water partition coefficient (Wildman–Crippen LogP) is 5.52. The molecule has 0 aliphatic heterocycles. The molecule has 0 radical (unpaired) electrons. The number of aromatic amines is 1. The first-order valence-corrected chi connectivity index (χ1v) is 11.2. The standard InChI is InChI=1S/C20H14BrClN2O2S2/c21-14-7-5-12(6-8-14)17(13-9-10-27-11-13)24-20(26)18(19(25)23-24)28-16-4-2-1-3-15(16)22/h1-11,17,26H,(H,23,25)/p-1. The van der Waals surface area contributed by atoms with Crippen LogP contribution in [0.4, 0.5) is 0 Å². The van der Waals surface area contributed by atoms with Crippen molar-refractivity contribution >= 4 is 50.6 Å². The lowest BCUT2D eigenvalue weighted by Gasteiger charge is -2.23. The van der Waals surface area contributed by atoms with E-state index in [1.165, 1.54) is 4.68 Å². The van der Waals surface area contributed by atoms with Crippen LogP contribution >= 0.6 is 50.6 Å². The molecule has 4 nitrogen and oxygen atoms in total. The summed E-state index contributed by atoms with van der Waals surface area (Å²) in [7, 11) is 0. The van der Waals surface area contributed by atoms with Crippen molar-refractivity contribution in [3.8, 4) is 5.88 Å². The van der Waals surface area contributed by atoms with E-state index in [0.29, 0.717) is 9.92 Å². The Morgan fingerprint density at radius 2 is 1.86 bits per heavy atom. The minimum Gasteiger partial charge on any atom is -0.858 e. The van der Waals surface area contributed by atoms with E-state index in [2.05, 4.69) is 21.0 Å². The second-order valence-electron chi connectivity index (χ2n) is 5.99. The quantitative estimate of drug-likeness (QED) is 0.399. The van der Waals surface area contributed by atoms with Crippen LogP contribution in [0.25, 0.3) is 0 Å². The molecular weight excluding hydrogens is 480 g/mol. The highest BCUT2D eigenvalue weighted by atomic mass is 79.9. The number of hydrogen-bond acceptors (Lipinski definition) is 4. The first kappa shape index (κ1) is 19.4. The Hall–Kier alpha value is -1.93. The highest BCUT2D eigenvalue weighted by Gasteiger charge is 2.21. The number of nitrogens with zero attached hydrogens (tertiary/aromatic N) is 1. The van der Waals surface area contributed by atoms with E-state index < -0.39 is 11.6 Å². The number of H-pyrrole nitrogens is 1. The second-order valence-corrected chi connectivity index (χ2v) is 9.14. The van der Waals surface area contributed by atoms with Gasteiger partial charge in [-0.15, -0.1) is 0 Å². The van der Waals surface area contributed by atoms with Crippen LogP contribution in [0.2, 0.25) is 5.02 Å². The summed E-state index contributed by atoms with van der Waals surface area (Å²) in [6.45, 7) is 0. The number of aromatic nitrogens is 2. The zero-order valence-electron chi connectivity index (χ0n) is 14.3. The molecule has 0 spiro atoms. The summed E-state index contributed by atoms with van der Waals surface area (Å²) in [5.41, 5.74) is 1.41. The van der Waals surface area contributed by atoms with Crippen molar-refractivity contribution in [3.63, 3.8) is 0 Å². The van der Waals surface area contributed by atoms with Crippen molar-refractivity contribution in [2.75, 3.05) is 0 Å². The van der Waals surface area contributed by atoms with E-state index in [1.54, 1.807) is 29.5 Å². The fourth-order valence-electron chi connectivity index (χ4n) is 2.89. The molecule has 1 atom stereocenters. The Morgan fingerprint density at radius 1 is 1.11 bits per heavy atom. The molecule has 1 unspecified atom stereocenters. The largest absolute Gasteiger partial charge is 0.858 e. The average Bonchev–Trinajstić information content (AvgIpc) is 3.30. The third-order valence-corrected chi connectivity index (χ3v) is 7.00. The Labute approximate surface area is 182 Å². The van der Waals surface area contributed by atoms with E-state index in [9.17, 15) is 9.90 Å². The fraction of sp³-hybridized carbons (Fsp3) is 0.0500. The molecule has 0 bridgehead atoms. The molecule has 0 aliphatic carbocycles. The smallest absolute Gasteiger partial charge is 0.277 e. The van der Waals surface area contributed by atoms with Gasteiger partial charge in [-0.2, -0.15) is 11.3 Å². The summed E-state index contributed by atoms with van der Waals surface area (Å²) < 4.78 is 2.34. The number of rotatable bonds is 5. The number of halogens is 2. The third-order valence-electron chi connectivity index (χ3n) is 4.19. The highest BCUT2D eigenvalue weighted by Crippen LogP contribution is 2.38. The van der Waals surface area contributed by atoms with Crippen LogP contribution in [0.1, 0.15) is 17.2 Å². The van der Waals surface area contributed by atoms with Crippen molar-refractivity contribution in [1.82, 2.24) is 9.78 Å². The molecular formula is C20H13BrClN2O2S2-. The van der Waals surface area contributed by atoms with Crippen LogP contribution in [0.15, 0.2) is 84.4 Å². The van der Waals surface area contributed by atoms with Gasteiger partial charge in [0, 0.05) is 15.2 Å². The molecule has 142 valence electrons. The van der Waals surface area contributed by atoms with Gasteiger partial charge in [0.05, 0.1) is 16.0 Å². The monoisotopic (exact) mass is 491 g/mol. The number of hydrogen-bond donors (Lipinski definition) is 1.